The number of hydrogen-bond acceptors (Lipinski definition) is 7. The van der Waals surface area contributed by atoms with Crippen LogP contribution in [-0.2, 0) is 13.6 Å². The van der Waals surface area contributed by atoms with Crippen molar-refractivity contribution in [2.45, 2.75) is 25.4 Å². The Labute approximate surface area is 210 Å². The first-order valence-electron chi connectivity index (χ1n) is 12.2. The number of carbonyl (C=O) groups is 1. The maximum Gasteiger partial charge on any atom is 0.265 e. The minimum Gasteiger partial charge on any atom is -0.497 e. The summed E-state index contributed by atoms with van der Waals surface area (Å²) in [7, 11) is 6.63. The number of hydrogen-bond donors (Lipinski definition) is 1. The van der Waals surface area contributed by atoms with Crippen LogP contribution in [-0.4, -0.2) is 67.4 Å². The van der Waals surface area contributed by atoms with E-state index < -0.39 is 0 Å². The zero-order chi connectivity index (χ0) is 25.4. The summed E-state index contributed by atoms with van der Waals surface area (Å²) < 4.78 is 17.9. The van der Waals surface area contributed by atoms with Crippen molar-refractivity contribution in [2.24, 2.45) is 7.05 Å². The number of anilines is 1. The van der Waals surface area contributed by atoms with Gasteiger partial charge in [0.05, 0.1) is 18.3 Å². The van der Waals surface area contributed by atoms with Crippen molar-refractivity contribution >= 4 is 22.5 Å². The van der Waals surface area contributed by atoms with Crippen LogP contribution >= 0.6 is 0 Å². The Bertz CT molecular complexity index is 1360. The Kier molecular flexibility index (Phi) is 6.49. The van der Waals surface area contributed by atoms with Crippen molar-refractivity contribution in [2.75, 3.05) is 46.4 Å². The zero-order valence-electron chi connectivity index (χ0n) is 21.2. The van der Waals surface area contributed by atoms with Gasteiger partial charge in [0.15, 0.2) is 11.5 Å². The summed E-state index contributed by atoms with van der Waals surface area (Å²) >= 11 is 0. The Hall–Kier alpha value is -3.72. The van der Waals surface area contributed by atoms with Gasteiger partial charge >= 0.3 is 0 Å². The number of rotatable bonds is 6. The van der Waals surface area contributed by atoms with Gasteiger partial charge in [0.25, 0.3) is 11.5 Å². The number of pyridine rings is 1. The molecule has 0 unspecified atom stereocenters. The van der Waals surface area contributed by atoms with Gasteiger partial charge in [-0.2, -0.15) is 0 Å². The monoisotopic (exact) mass is 492 g/mol. The van der Waals surface area contributed by atoms with E-state index in [0.717, 1.165) is 54.9 Å². The van der Waals surface area contributed by atoms with Crippen LogP contribution < -0.4 is 25.1 Å². The van der Waals surface area contributed by atoms with Gasteiger partial charge < -0.3 is 29.0 Å². The molecule has 0 saturated carbocycles. The van der Waals surface area contributed by atoms with Gasteiger partial charge in [-0.1, -0.05) is 6.07 Å². The van der Waals surface area contributed by atoms with Crippen LogP contribution in [0.4, 0.5) is 5.69 Å². The number of nitrogens with one attached hydrogen (secondary N) is 1. The molecule has 1 amide bonds. The predicted octanol–water partition coefficient (Wildman–Crippen LogP) is 3.05. The van der Waals surface area contributed by atoms with E-state index in [1.54, 1.807) is 28.3 Å². The zero-order valence-corrected chi connectivity index (χ0v) is 21.2. The van der Waals surface area contributed by atoms with E-state index in [1.807, 2.05) is 30.3 Å². The Morgan fingerprint density at radius 1 is 1.11 bits per heavy atom. The second-order valence-electron chi connectivity index (χ2n) is 9.58. The second-order valence-corrected chi connectivity index (χ2v) is 9.58. The summed E-state index contributed by atoms with van der Waals surface area (Å²) in [5.74, 6) is 1.95. The van der Waals surface area contributed by atoms with E-state index in [-0.39, 0.29) is 29.9 Å². The third-order valence-corrected chi connectivity index (χ3v) is 7.00. The lowest BCUT2D eigenvalue weighted by Gasteiger charge is -2.33. The van der Waals surface area contributed by atoms with Crippen molar-refractivity contribution in [3.63, 3.8) is 0 Å². The molecule has 3 aromatic rings. The molecule has 1 saturated heterocycles. The fraction of sp³-hybridized carbons (Fsp3) is 0.407. The van der Waals surface area contributed by atoms with Gasteiger partial charge in [0, 0.05) is 52.2 Å². The third-order valence-electron chi connectivity index (χ3n) is 7.00. The number of benzene rings is 2. The summed E-state index contributed by atoms with van der Waals surface area (Å²) in [6.45, 7) is 2.90. The largest absolute Gasteiger partial charge is 0.497 e. The molecular weight excluding hydrogens is 460 g/mol. The fourth-order valence-electron chi connectivity index (χ4n) is 4.96. The van der Waals surface area contributed by atoms with Crippen LogP contribution in [0.1, 0.15) is 28.8 Å². The number of ether oxygens (including phenoxy) is 3. The van der Waals surface area contributed by atoms with Crippen LogP contribution in [0.25, 0.3) is 10.9 Å². The Morgan fingerprint density at radius 2 is 1.86 bits per heavy atom. The molecule has 2 aromatic carbocycles. The van der Waals surface area contributed by atoms with Gasteiger partial charge in [-0.05, 0) is 48.7 Å². The molecule has 5 rings (SSSR count). The van der Waals surface area contributed by atoms with E-state index in [4.69, 9.17) is 14.2 Å². The minimum atomic E-state index is -0.317. The molecule has 3 heterocycles. The van der Waals surface area contributed by atoms with Gasteiger partial charge in [0.1, 0.15) is 11.3 Å². The standard InChI is InChI=1S/C27H32N4O5/c1-29(2)26(32)24-25(20-14-19(34-4)6-7-21(20)30(3)27(24)33)28-18-9-11-31(12-10-18)15-17-5-8-22-23(13-17)36-16-35-22/h5-8,13-14,18,28H,9-12,15-16H2,1-4H3. The molecule has 36 heavy (non-hydrogen) atoms. The van der Waals surface area contributed by atoms with E-state index in [0.29, 0.717) is 11.4 Å². The number of amides is 1. The van der Waals surface area contributed by atoms with Crippen molar-refractivity contribution in [1.82, 2.24) is 14.4 Å². The molecule has 1 N–H and O–H groups in total. The van der Waals surface area contributed by atoms with Crippen molar-refractivity contribution < 1.29 is 19.0 Å². The average Bonchev–Trinajstić information content (AvgIpc) is 3.35. The summed E-state index contributed by atoms with van der Waals surface area (Å²) in [5.41, 5.74) is 2.37. The normalized spacial score (nSPS) is 15.8. The molecule has 2 aliphatic heterocycles. The molecule has 0 radical (unpaired) electrons. The molecular formula is C27H32N4O5. The number of carbonyl (C=O) groups excluding carboxylic acids is 1. The van der Waals surface area contributed by atoms with E-state index in [9.17, 15) is 9.59 Å². The van der Waals surface area contributed by atoms with Crippen molar-refractivity contribution in [3.8, 4) is 17.2 Å². The number of likely N-dealkylation sites (tertiary alicyclic amines) is 1. The summed E-state index contributed by atoms with van der Waals surface area (Å²) in [4.78, 5) is 30.3. The van der Waals surface area contributed by atoms with Crippen LogP contribution in [0.5, 0.6) is 17.2 Å². The summed E-state index contributed by atoms with van der Waals surface area (Å²) in [5, 5.41) is 4.38. The lowest BCUT2D eigenvalue weighted by molar-refractivity contribution is 0.0826. The molecule has 0 bridgehead atoms. The predicted molar refractivity (Wildman–Crippen MR) is 138 cm³/mol. The third kappa shape index (κ3) is 4.46. The smallest absolute Gasteiger partial charge is 0.265 e. The Morgan fingerprint density at radius 3 is 2.58 bits per heavy atom. The molecule has 1 fully saturated rings. The molecule has 2 aliphatic rings. The first kappa shape index (κ1) is 24.0. The highest BCUT2D eigenvalue weighted by atomic mass is 16.7. The molecule has 9 nitrogen and oxygen atoms in total. The molecule has 0 aliphatic carbocycles. The number of nitrogens with zero attached hydrogens (tertiary/aromatic N) is 3. The van der Waals surface area contributed by atoms with Crippen molar-refractivity contribution in [1.29, 1.82) is 0 Å². The number of piperidine rings is 1. The summed E-state index contributed by atoms with van der Waals surface area (Å²) in [6, 6.07) is 11.8. The maximum atomic E-state index is 13.3. The minimum absolute atomic E-state index is 0.133. The van der Waals surface area contributed by atoms with E-state index >= 15 is 0 Å². The first-order valence-corrected chi connectivity index (χ1v) is 12.2. The van der Waals surface area contributed by atoms with Crippen molar-refractivity contribution in [3.05, 3.63) is 57.9 Å². The summed E-state index contributed by atoms with van der Waals surface area (Å²) in [6.07, 6.45) is 1.78. The SMILES string of the molecule is COc1ccc2c(c1)c(NC1CCN(Cc3ccc4c(c3)OCO4)CC1)c(C(=O)N(C)C)c(=O)n2C. The van der Waals surface area contributed by atoms with Gasteiger partial charge in [-0.25, -0.2) is 0 Å². The number of aryl methyl sites for hydroxylation is 1. The molecule has 9 heteroatoms. The van der Waals surface area contributed by atoms with Gasteiger partial charge in [-0.15, -0.1) is 0 Å². The maximum absolute atomic E-state index is 13.3. The molecule has 1 aromatic heterocycles. The quantitative estimate of drug-likeness (QED) is 0.566. The van der Waals surface area contributed by atoms with Crippen LogP contribution in [0.2, 0.25) is 0 Å². The molecule has 0 atom stereocenters. The Balaban J connectivity index is 1.39. The molecule has 0 spiro atoms. The number of fused-ring (bicyclic) bond motifs is 2. The van der Waals surface area contributed by atoms with Crippen LogP contribution in [0.3, 0.4) is 0 Å². The van der Waals surface area contributed by atoms with Crippen LogP contribution in [0.15, 0.2) is 41.2 Å². The fourth-order valence-corrected chi connectivity index (χ4v) is 4.96. The van der Waals surface area contributed by atoms with E-state index in [1.165, 1.54) is 15.0 Å². The lowest BCUT2D eigenvalue weighted by Crippen LogP contribution is -2.40. The first-order chi connectivity index (χ1) is 17.4. The molecule has 190 valence electrons. The van der Waals surface area contributed by atoms with Crippen LogP contribution in [0, 0.1) is 0 Å². The topological polar surface area (TPSA) is 85.3 Å². The van der Waals surface area contributed by atoms with E-state index in [2.05, 4.69) is 16.3 Å². The lowest BCUT2D eigenvalue weighted by atomic mass is 10.0. The highest BCUT2D eigenvalue weighted by Crippen LogP contribution is 2.34. The van der Waals surface area contributed by atoms with Gasteiger partial charge in [0.2, 0.25) is 6.79 Å². The average molecular weight is 493 g/mol. The van der Waals surface area contributed by atoms with Gasteiger partial charge in [-0.3, -0.25) is 14.5 Å². The highest BCUT2D eigenvalue weighted by Gasteiger charge is 2.27. The number of methoxy groups -OCH3 is 1. The second kappa shape index (κ2) is 9.73. The number of aromatic nitrogens is 1. The highest BCUT2D eigenvalue weighted by molar-refractivity contribution is 6.07.